The van der Waals surface area contributed by atoms with Crippen LogP contribution >= 0.6 is 11.6 Å². The van der Waals surface area contributed by atoms with Gasteiger partial charge in [-0.1, -0.05) is 59.6 Å². The Hall–Kier alpha value is -2.18. The number of hydrogen-bond acceptors (Lipinski definition) is 4. The van der Waals surface area contributed by atoms with Gasteiger partial charge in [-0.15, -0.1) is 0 Å². The van der Waals surface area contributed by atoms with Crippen molar-refractivity contribution in [2.24, 2.45) is 0 Å². The number of hydrogen-bond donors (Lipinski definition) is 2. The molecule has 3 aromatic rings. The van der Waals surface area contributed by atoms with Gasteiger partial charge in [-0.05, 0) is 24.1 Å². The number of aromatic nitrogens is 2. The Bertz CT molecular complexity index is 919. The van der Waals surface area contributed by atoms with Crippen molar-refractivity contribution in [3.63, 3.8) is 0 Å². The van der Waals surface area contributed by atoms with Crippen LogP contribution in [-0.4, -0.2) is 47.9 Å². The maximum absolute atomic E-state index is 6.53. The van der Waals surface area contributed by atoms with Gasteiger partial charge >= 0.3 is 0 Å². The minimum atomic E-state index is 0.210. The number of aromatic amines is 1. The van der Waals surface area contributed by atoms with Crippen molar-refractivity contribution in [1.29, 1.82) is 0 Å². The van der Waals surface area contributed by atoms with Crippen molar-refractivity contribution in [2.75, 3.05) is 32.8 Å². The van der Waals surface area contributed by atoms with E-state index in [9.17, 15) is 0 Å². The zero-order valence-corrected chi connectivity index (χ0v) is 17.5. The number of H-pyrrole nitrogens is 1. The Balaban J connectivity index is 1.47. The second kappa shape index (κ2) is 9.55. The van der Waals surface area contributed by atoms with Gasteiger partial charge in [0, 0.05) is 42.8 Å². The molecule has 1 aliphatic rings. The van der Waals surface area contributed by atoms with Crippen LogP contribution in [-0.2, 0) is 11.3 Å². The summed E-state index contributed by atoms with van der Waals surface area (Å²) in [5, 5.41) is 11.9. The van der Waals surface area contributed by atoms with Crippen LogP contribution in [0, 0.1) is 6.92 Å². The van der Waals surface area contributed by atoms with Crippen molar-refractivity contribution < 1.29 is 4.74 Å². The summed E-state index contributed by atoms with van der Waals surface area (Å²) >= 11 is 6.53. The molecule has 152 valence electrons. The second-order valence-corrected chi connectivity index (χ2v) is 7.86. The molecule has 0 radical (unpaired) electrons. The highest BCUT2D eigenvalue weighted by Crippen LogP contribution is 2.28. The smallest absolute Gasteiger partial charge is 0.0695 e. The van der Waals surface area contributed by atoms with Crippen LogP contribution in [0.1, 0.15) is 22.7 Å². The number of rotatable bonds is 7. The summed E-state index contributed by atoms with van der Waals surface area (Å²) in [5.41, 5.74) is 5.79. The lowest BCUT2D eigenvalue weighted by Gasteiger charge is -2.35. The van der Waals surface area contributed by atoms with E-state index in [1.807, 2.05) is 18.3 Å². The lowest BCUT2D eigenvalue weighted by molar-refractivity contribution is 0.0161. The number of halogens is 1. The molecule has 2 aromatic carbocycles. The SMILES string of the molecule is Cc1ccc(-c2[nH]ncc2CNCC(c2ccccc2Cl)N2CCOCC2)cc1. The van der Waals surface area contributed by atoms with E-state index in [0.29, 0.717) is 0 Å². The zero-order chi connectivity index (χ0) is 20.1. The molecular formula is C23H27ClN4O. The van der Waals surface area contributed by atoms with E-state index in [1.165, 1.54) is 5.56 Å². The van der Waals surface area contributed by atoms with Gasteiger partial charge in [0.05, 0.1) is 25.1 Å². The summed E-state index contributed by atoms with van der Waals surface area (Å²) in [4.78, 5) is 2.45. The van der Waals surface area contributed by atoms with E-state index < -0.39 is 0 Å². The van der Waals surface area contributed by atoms with E-state index in [4.69, 9.17) is 16.3 Å². The quantitative estimate of drug-likeness (QED) is 0.612. The average molecular weight is 411 g/mol. The predicted molar refractivity (Wildman–Crippen MR) is 117 cm³/mol. The molecule has 4 rings (SSSR count). The van der Waals surface area contributed by atoms with Crippen LogP contribution in [0.3, 0.4) is 0 Å². The maximum atomic E-state index is 6.53. The lowest BCUT2D eigenvalue weighted by atomic mass is 10.0. The third-order valence-electron chi connectivity index (χ3n) is 5.46. The minimum absolute atomic E-state index is 0.210. The van der Waals surface area contributed by atoms with Gasteiger partial charge in [0.25, 0.3) is 0 Å². The van der Waals surface area contributed by atoms with Crippen molar-refractivity contribution in [1.82, 2.24) is 20.4 Å². The Morgan fingerprint density at radius 3 is 2.66 bits per heavy atom. The highest BCUT2D eigenvalue weighted by molar-refractivity contribution is 6.31. The largest absolute Gasteiger partial charge is 0.379 e. The number of ether oxygens (including phenoxy) is 1. The van der Waals surface area contributed by atoms with Crippen molar-refractivity contribution in [2.45, 2.75) is 19.5 Å². The molecular weight excluding hydrogens is 384 g/mol. The maximum Gasteiger partial charge on any atom is 0.0695 e. The number of benzene rings is 2. The lowest BCUT2D eigenvalue weighted by Crippen LogP contribution is -2.42. The third-order valence-corrected chi connectivity index (χ3v) is 5.81. The van der Waals surface area contributed by atoms with Crippen molar-refractivity contribution in [3.05, 3.63) is 76.4 Å². The molecule has 5 nitrogen and oxygen atoms in total. The van der Waals surface area contributed by atoms with Gasteiger partial charge in [0.15, 0.2) is 0 Å². The van der Waals surface area contributed by atoms with Gasteiger partial charge in [-0.3, -0.25) is 10.00 Å². The number of nitrogens with one attached hydrogen (secondary N) is 2. The van der Waals surface area contributed by atoms with Crippen molar-refractivity contribution in [3.8, 4) is 11.3 Å². The highest BCUT2D eigenvalue weighted by Gasteiger charge is 2.24. The van der Waals surface area contributed by atoms with E-state index in [2.05, 4.69) is 63.7 Å². The molecule has 0 bridgehead atoms. The van der Waals surface area contributed by atoms with Gasteiger partial charge in [-0.25, -0.2) is 0 Å². The fourth-order valence-corrected chi connectivity index (χ4v) is 4.09. The van der Waals surface area contributed by atoms with Gasteiger partial charge in [0.1, 0.15) is 0 Å². The zero-order valence-electron chi connectivity index (χ0n) is 16.7. The van der Waals surface area contributed by atoms with Crippen LogP contribution in [0.25, 0.3) is 11.3 Å². The van der Waals surface area contributed by atoms with E-state index >= 15 is 0 Å². The standard InChI is InChI=1S/C23H27ClN4O/c1-17-6-8-18(9-7-17)23-19(15-26-27-23)14-25-16-22(28-10-12-29-13-11-28)20-4-2-3-5-21(20)24/h2-9,15,22,25H,10-14,16H2,1H3,(H,26,27). The first-order valence-corrected chi connectivity index (χ1v) is 10.5. The summed E-state index contributed by atoms with van der Waals surface area (Å²) in [7, 11) is 0. The summed E-state index contributed by atoms with van der Waals surface area (Å²) in [6.07, 6.45) is 1.90. The van der Waals surface area contributed by atoms with Crippen LogP contribution in [0.5, 0.6) is 0 Å². The Kier molecular flexibility index (Phi) is 6.62. The summed E-state index contributed by atoms with van der Waals surface area (Å²) in [6.45, 7) is 7.00. The van der Waals surface area contributed by atoms with Crippen LogP contribution in [0.2, 0.25) is 5.02 Å². The molecule has 1 atom stereocenters. The van der Waals surface area contributed by atoms with Crippen LogP contribution in [0.4, 0.5) is 0 Å². The van der Waals surface area contributed by atoms with Crippen LogP contribution < -0.4 is 5.32 Å². The molecule has 2 heterocycles. The Morgan fingerprint density at radius 1 is 1.14 bits per heavy atom. The van der Waals surface area contributed by atoms with Gasteiger partial charge in [-0.2, -0.15) is 5.10 Å². The monoisotopic (exact) mass is 410 g/mol. The molecule has 0 amide bonds. The number of morpholine rings is 1. The fourth-order valence-electron chi connectivity index (χ4n) is 3.83. The Morgan fingerprint density at radius 2 is 1.90 bits per heavy atom. The molecule has 1 saturated heterocycles. The van der Waals surface area contributed by atoms with Gasteiger partial charge in [0.2, 0.25) is 0 Å². The summed E-state index contributed by atoms with van der Waals surface area (Å²) in [5.74, 6) is 0. The first-order valence-electron chi connectivity index (χ1n) is 10.1. The first-order chi connectivity index (χ1) is 14.2. The summed E-state index contributed by atoms with van der Waals surface area (Å²) < 4.78 is 5.54. The fraction of sp³-hybridized carbons (Fsp3) is 0.348. The molecule has 1 unspecified atom stereocenters. The second-order valence-electron chi connectivity index (χ2n) is 7.45. The first kappa shape index (κ1) is 20.1. The van der Waals surface area contributed by atoms with E-state index in [1.54, 1.807) is 0 Å². The predicted octanol–water partition coefficient (Wildman–Crippen LogP) is 4.20. The molecule has 0 aliphatic carbocycles. The highest BCUT2D eigenvalue weighted by atomic mass is 35.5. The third kappa shape index (κ3) is 4.87. The normalized spacial score (nSPS) is 16.1. The Labute approximate surface area is 177 Å². The number of aryl methyl sites for hydroxylation is 1. The number of nitrogens with zero attached hydrogens (tertiary/aromatic N) is 2. The molecule has 1 aromatic heterocycles. The topological polar surface area (TPSA) is 53.2 Å². The molecule has 2 N–H and O–H groups in total. The molecule has 0 saturated carbocycles. The van der Waals surface area contributed by atoms with E-state index in [0.717, 1.165) is 66.8 Å². The van der Waals surface area contributed by atoms with E-state index in [-0.39, 0.29) is 6.04 Å². The molecule has 6 heteroatoms. The molecule has 1 fully saturated rings. The summed E-state index contributed by atoms with van der Waals surface area (Å²) in [6, 6.07) is 16.9. The molecule has 1 aliphatic heterocycles. The van der Waals surface area contributed by atoms with Crippen molar-refractivity contribution >= 4 is 11.6 Å². The molecule has 0 spiro atoms. The molecule has 29 heavy (non-hydrogen) atoms. The minimum Gasteiger partial charge on any atom is -0.379 e. The average Bonchev–Trinajstić information content (AvgIpc) is 3.22. The van der Waals surface area contributed by atoms with Crippen LogP contribution in [0.15, 0.2) is 54.7 Å². The van der Waals surface area contributed by atoms with Gasteiger partial charge < -0.3 is 10.1 Å².